The molecule has 0 radical (unpaired) electrons. The van der Waals surface area contributed by atoms with Crippen LogP contribution in [0.3, 0.4) is 0 Å². The average Bonchev–Trinajstić information content (AvgIpc) is 2.73. The van der Waals surface area contributed by atoms with Crippen molar-refractivity contribution >= 4 is 22.5 Å². The molecule has 3 rings (SSSR count). The summed E-state index contributed by atoms with van der Waals surface area (Å²) in [5.41, 5.74) is 3.32. The van der Waals surface area contributed by atoms with Gasteiger partial charge in [-0.25, -0.2) is 9.97 Å². The first-order valence-corrected chi connectivity index (χ1v) is 5.67. The van der Waals surface area contributed by atoms with Crippen LogP contribution in [0.15, 0.2) is 36.8 Å². The molecule has 17 heavy (non-hydrogen) atoms. The van der Waals surface area contributed by atoms with Gasteiger partial charge in [-0.1, -0.05) is 23.7 Å². The molecule has 4 heteroatoms. The predicted octanol–water partition coefficient (Wildman–Crippen LogP) is 3.59. The number of nitrogens with zero attached hydrogens (tertiary/aromatic N) is 2. The molecule has 0 bridgehead atoms. The maximum Gasteiger partial charge on any atom is 0.161 e. The quantitative estimate of drug-likeness (QED) is 0.710. The summed E-state index contributed by atoms with van der Waals surface area (Å²) < 4.78 is 0. The Morgan fingerprint density at radius 1 is 1.18 bits per heavy atom. The van der Waals surface area contributed by atoms with Crippen molar-refractivity contribution in [1.29, 1.82) is 0 Å². The molecule has 0 atom stereocenters. The number of rotatable bonds is 1. The first kappa shape index (κ1) is 10.3. The highest BCUT2D eigenvalue weighted by Crippen LogP contribution is 2.26. The van der Waals surface area contributed by atoms with Gasteiger partial charge in [-0.15, -0.1) is 0 Å². The van der Waals surface area contributed by atoms with E-state index in [0.717, 1.165) is 16.5 Å². The van der Waals surface area contributed by atoms with Crippen LogP contribution >= 0.6 is 11.6 Å². The predicted molar refractivity (Wildman–Crippen MR) is 69.1 cm³/mol. The molecule has 0 amide bonds. The normalized spacial score (nSPS) is 10.9. The lowest BCUT2D eigenvalue weighted by Gasteiger charge is -1.98. The van der Waals surface area contributed by atoms with Gasteiger partial charge in [0.1, 0.15) is 0 Å². The summed E-state index contributed by atoms with van der Waals surface area (Å²) in [4.78, 5) is 11.7. The van der Waals surface area contributed by atoms with Crippen molar-refractivity contribution < 1.29 is 0 Å². The second kappa shape index (κ2) is 3.86. The fraction of sp³-hybridized carbons (Fsp3) is 0.0769. The maximum atomic E-state index is 5.78. The molecule has 1 aromatic carbocycles. The van der Waals surface area contributed by atoms with Crippen molar-refractivity contribution in [1.82, 2.24) is 15.0 Å². The number of hydrogen-bond donors (Lipinski definition) is 1. The van der Waals surface area contributed by atoms with Crippen molar-refractivity contribution in [2.45, 2.75) is 6.92 Å². The monoisotopic (exact) mass is 243 g/mol. The molecule has 0 aliphatic heterocycles. The van der Waals surface area contributed by atoms with Crippen LogP contribution in [0.2, 0.25) is 5.02 Å². The summed E-state index contributed by atoms with van der Waals surface area (Å²) in [5.74, 6) is 0.685. The number of aryl methyl sites for hydroxylation is 1. The lowest BCUT2D eigenvalue weighted by molar-refractivity contribution is 1.18. The fourth-order valence-electron chi connectivity index (χ4n) is 1.88. The Balaban J connectivity index is 2.21. The summed E-state index contributed by atoms with van der Waals surface area (Å²) in [7, 11) is 0. The van der Waals surface area contributed by atoms with Crippen LogP contribution in [-0.4, -0.2) is 15.0 Å². The highest BCUT2D eigenvalue weighted by molar-refractivity contribution is 6.30. The number of H-pyrrole nitrogens is 1. The van der Waals surface area contributed by atoms with Crippen molar-refractivity contribution in [3.8, 4) is 11.4 Å². The molecule has 0 saturated carbocycles. The van der Waals surface area contributed by atoms with E-state index < -0.39 is 0 Å². The van der Waals surface area contributed by atoms with Gasteiger partial charge in [0, 0.05) is 35.1 Å². The van der Waals surface area contributed by atoms with E-state index in [4.69, 9.17) is 11.6 Å². The Kier molecular flexibility index (Phi) is 2.34. The zero-order valence-electron chi connectivity index (χ0n) is 9.24. The van der Waals surface area contributed by atoms with E-state index in [1.807, 2.05) is 6.20 Å². The van der Waals surface area contributed by atoms with E-state index >= 15 is 0 Å². The van der Waals surface area contributed by atoms with Gasteiger partial charge in [-0.3, -0.25) is 0 Å². The number of hydrogen-bond acceptors (Lipinski definition) is 2. The zero-order valence-corrected chi connectivity index (χ0v) is 9.99. The molecule has 1 N–H and O–H groups in total. The molecular formula is C13H10ClN3. The number of aromatic amines is 1. The van der Waals surface area contributed by atoms with Gasteiger partial charge in [0.25, 0.3) is 0 Å². The molecule has 2 aromatic heterocycles. The van der Waals surface area contributed by atoms with Gasteiger partial charge in [0.2, 0.25) is 0 Å². The third-order valence-electron chi connectivity index (χ3n) is 2.70. The smallest absolute Gasteiger partial charge is 0.161 e. The molecule has 0 aliphatic carbocycles. The third-order valence-corrected chi connectivity index (χ3v) is 2.89. The van der Waals surface area contributed by atoms with Crippen molar-refractivity contribution in [3.05, 3.63) is 47.4 Å². The fourth-order valence-corrected chi connectivity index (χ4v) is 1.97. The SMILES string of the molecule is Cc1ccc2c(-c3ncc(Cl)cn3)c[nH]c2c1. The van der Waals surface area contributed by atoms with Gasteiger partial charge in [0.15, 0.2) is 5.82 Å². The van der Waals surface area contributed by atoms with E-state index in [2.05, 4.69) is 40.1 Å². The van der Waals surface area contributed by atoms with E-state index in [1.165, 1.54) is 5.56 Å². The summed E-state index contributed by atoms with van der Waals surface area (Å²) in [5, 5.41) is 1.67. The lowest BCUT2D eigenvalue weighted by atomic mass is 10.1. The lowest BCUT2D eigenvalue weighted by Crippen LogP contribution is -1.86. The number of aromatic nitrogens is 3. The van der Waals surface area contributed by atoms with E-state index in [-0.39, 0.29) is 0 Å². The van der Waals surface area contributed by atoms with Crippen LogP contribution in [0.25, 0.3) is 22.3 Å². The second-order valence-electron chi connectivity index (χ2n) is 3.98. The van der Waals surface area contributed by atoms with Gasteiger partial charge in [0.05, 0.1) is 5.02 Å². The molecule has 0 aliphatic rings. The summed E-state index contributed by atoms with van der Waals surface area (Å²) >= 11 is 5.78. The van der Waals surface area contributed by atoms with Crippen LogP contribution in [-0.2, 0) is 0 Å². The standard InChI is InChI=1S/C13H10ClN3/c1-8-2-3-10-11(7-15-12(10)4-8)13-16-5-9(14)6-17-13/h2-7,15H,1H3. The summed E-state index contributed by atoms with van der Waals surface area (Å²) in [6.07, 6.45) is 5.14. The second-order valence-corrected chi connectivity index (χ2v) is 4.41. The Bertz CT molecular complexity index is 671. The molecule has 0 spiro atoms. The first-order valence-electron chi connectivity index (χ1n) is 5.30. The summed E-state index contributed by atoms with van der Waals surface area (Å²) in [6, 6.07) is 6.26. The average molecular weight is 244 g/mol. The molecule has 0 saturated heterocycles. The number of nitrogens with one attached hydrogen (secondary N) is 1. The van der Waals surface area contributed by atoms with E-state index in [1.54, 1.807) is 12.4 Å². The van der Waals surface area contributed by atoms with Gasteiger partial charge < -0.3 is 4.98 Å². The number of halogens is 1. The van der Waals surface area contributed by atoms with Crippen LogP contribution in [0.1, 0.15) is 5.56 Å². The van der Waals surface area contributed by atoms with Gasteiger partial charge >= 0.3 is 0 Å². The Hall–Kier alpha value is -1.87. The van der Waals surface area contributed by atoms with Crippen molar-refractivity contribution in [2.75, 3.05) is 0 Å². The Labute approximate surface area is 103 Å². The Morgan fingerprint density at radius 2 is 1.94 bits per heavy atom. The number of fused-ring (bicyclic) bond motifs is 1. The maximum absolute atomic E-state index is 5.78. The van der Waals surface area contributed by atoms with E-state index in [0.29, 0.717) is 10.8 Å². The molecule has 3 aromatic rings. The molecule has 0 unspecified atom stereocenters. The van der Waals surface area contributed by atoms with Crippen molar-refractivity contribution in [2.24, 2.45) is 0 Å². The van der Waals surface area contributed by atoms with Gasteiger partial charge in [-0.2, -0.15) is 0 Å². The molecule has 84 valence electrons. The zero-order chi connectivity index (χ0) is 11.8. The van der Waals surface area contributed by atoms with Crippen LogP contribution in [0, 0.1) is 6.92 Å². The molecule has 3 nitrogen and oxygen atoms in total. The minimum atomic E-state index is 0.546. The third kappa shape index (κ3) is 1.78. The largest absolute Gasteiger partial charge is 0.360 e. The van der Waals surface area contributed by atoms with Gasteiger partial charge in [-0.05, 0) is 18.6 Å². The van der Waals surface area contributed by atoms with Crippen LogP contribution in [0.4, 0.5) is 0 Å². The molecule has 0 fully saturated rings. The highest BCUT2D eigenvalue weighted by Gasteiger charge is 2.08. The molecule has 2 heterocycles. The topological polar surface area (TPSA) is 41.6 Å². The highest BCUT2D eigenvalue weighted by atomic mass is 35.5. The Morgan fingerprint density at radius 3 is 2.71 bits per heavy atom. The van der Waals surface area contributed by atoms with Crippen molar-refractivity contribution in [3.63, 3.8) is 0 Å². The summed E-state index contributed by atoms with van der Waals surface area (Å²) in [6.45, 7) is 2.07. The van der Waals surface area contributed by atoms with Crippen LogP contribution < -0.4 is 0 Å². The van der Waals surface area contributed by atoms with E-state index in [9.17, 15) is 0 Å². The minimum Gasteiger partial charge on any atom is -0.360 e. The van der Waals surface area contributed by atoms with Crippen LogP contribution in [0.5, 0.6) is 0 Å². The number of benzene rings is 1. The minimum absolute atomic E-state index is 0.546. The first-order chi connectivity index (χ1) is 8.24. The molecular weight excluding hydrogens is 234 g/mol.